The molecule has 1 aliphatic heterocycles. The summed E-state index contributed by atoms with van der Waals surface area (Å²) in [6, 6.07) is 8.38. The maximum atomic E-state index is 12.5. The van der Waals surface area contributed by atoms with Crippen molar-refractivity contribution in [2.75, 3.05) is 6.54 Å². The lowest BCUT2D eigenvalue weighted by Gasteiger charge is -2.27. The van der Waals surface area contributed by atoms with Crippen LogP contribution in [0.4, 0.5) is 0 Å². The molecule has 112 valence electrons. The molecule has 0 unspecified atom stereocenters. The van der Waals surface area contributed by atoms with E-state index in [4.69, 9.17) is 16.7 Å². The summed E-state index contributed by atoms with van der Waals surface area (Å²) < 4.78 is 0. The quantitative estimate of drug-likeness (QED) is 0.880. The van der Waals surface area contributed by atoms with E-state index in [1.165, 1.54) is 0 Å². The molecule has 22 heavy (non-hydrogen) atoms. The van der Waals surface area contributed by atoms with Gasteiger partial charge in [0.25, 0.3) is 11.8 Å². The van der Waals surface area contributed by atoms with Crippen LogP contribution < -0.4 is 0 Å². The highest BCUT2D eigenvalue weighted by Gasteiger charge is 2.32. The van der Waals surface area contributed by atoms with Gasteiger partial charge < -0.3 is 5.11 Å². The van der Waals surface area contributed by atoms with Crippen LogP contribution in [-0.2, 0) is 4.79 Å². The molecule has 2 aromatic rings. The van der Waals surface area contributed by atoms with Gasteiger partial charge in [-0.3, -0.25) is 19.3 Å². The lowest BCUT2D eigenvalue weighted by Crippen LogP contribution is -2.41. The van der Waals surface area contributed by atoms with Crippen LogP contribution in [0, 0.1) is 0 Å². The van der Waals surface area contributed by atoms with Gasteiger partial charge in [-0.2, -0.15) is 0 Å². The summed E-state index contributed by atoms with van der Waals surface area (Å²) in [7, 11) is 0. The van der Waals surface area contributed by atoms with E-state index >= 15 is 0 Å². The van der Waals surface area contributed by atoms with E-state index < -0.39 is 17.8 Å². The van der Waals surface area contributed by atoms with Crippen molar-refractivity contribution in [3.05, 3.63) is 46.5 Å². The number of halogens is 1. The number of carbonyl (C=O) groups excluding carboxylic acids is 2. The fourth-order valence-electron chi connectivity index (χ4n) is 2.70. The van der Waals surface area contributed by atoms with Gasteiger partial charge in [0.1, 0.15) is 0 Å². The molecule has 5 nitrogen and oxygen atoms in total. The van der Waals surface area contributed by atoms with Crippen LogP contribution in [0.2, 0.25) is 5.02 Å². The molecule has 2 amide bonds. The van der Waals surface area contributed by atoms with Crippen molar-refractivity contribution in [3.8, 4) is 0 Å². The molecule has 0 bridgehead atoms. The molecular weight excluding hydrogens is 306 g/mol. The van der Waals surface area contributed by atoms with Crippen molar-refractivity contribution in [1.29, 1.82) is 0 Å². The molecule has 0 spiro atoms. The summed E-state index contributed by atoms with van der Waals surface area (Å²) >= 11 is 6.13. The Balaban J connectivity index is 2.05. The molecule has 1 aliphatic rings. The highest BCUT2D eigenvalue weighted by Crippen LogP contribution is 2.34. The minimum absolute atomic E-state index is 0.0857. The summed E-state index contributed by atoms with van der Waals surface area (Å²) in [4.78, 5) is 36.7. The minimum Gasteiger partial charge on any atom is -0.481 e. The summed E-state index contributed by atoms with van der Waals surface area (Å²) in [5.41, 5.74) is 0.842. The molecule has 0 aliphatic carbocycles. The van der Waals surface area contributed by atoms with Gasteiger partial charge in [-0.25, -0.2) is 0 Å². The Morgan fingerprint density at radius 2 is 1.77 bits per heavy atom. The monoisotopic (exact) mass is 317 g/mol. The third kappa shape index (κ3) is 2.23. The van der Waals surface area contributed by atoms with Crippen molar-refractivity contribution in [3.63, 3.8) is 0 Å². The normalized spacial score (nSPS) is 13.8. The van der Waals surface area contributed by atoms with Crippen molar-refractivity contribution in [1.82, 2.24) is 4.90 Å². The number of benzene rings is 2. The number of amides is 2. The minimum atomic E-state index is -0.953. The van der Waals surface area contributed by atoms with E-state index in [9.17, 15) is 14.4 Å². The number of carbonyl (C=O) groups is 3. The fourth-order valence-corrected chi connectivity index (χ4v) is 2.92. The number of aliphatic carboxylic acids is 1. The standard InChI is InChI=1S/C16H12ClNO4/c17-12-7-6-11-14-9(12)3-1-4-10(14)15(21)18(16(11)22)8-2-5-13(19)20/h1,3-4,6-7H,2,5,8H2,(H,19,20). The van der Waals surface area contributed by atoms with E-state index in [1.54, 1.807) is 30.3 Å². The molecule has 6 heteroatoms. The van der Waals surface area contributed by atoms with Crippen molar-refractivity contribution in [2.24, 2.45) is 0 Å². The molecule has 0 saturated carbocycles. The average molecular weight is 318 g/mol. The van der Waals surface area contributed by atoms with Gasteiger partial charge in [0.15, 0.2) is 0 Å². The predicted octanol–water partition coefficient (Wildman–Crippen LogP) is 2.95. The molecule has 3 rings (SSSR count). The van der Waals surface area contributed by atoms with Crippen LogP contribution in [0.3, 0.4) is 0 Å². The van der Waals surface area contributed by atoms with E-state index in [1.807, 2.05) is 0 Å². The summed E-state index contributed by atoms with van der Waals surface area (Å²) in [6.45, 7) is 0.0857. The van der Waals surface area contributed by atoms with Gasteiger partial charge in [0, 0.05) is 39.9 Å². The fraction of sp³-hybridized carbons (Fsp3) is 0.188. The number of carboxylic acids is 1. The predicted molar refractivity (Wildman–Crippen MR) is 81.2 cm³/mol. The van der Waals surface area contributed by atoms with Gasteiger partial charge in [0.2, 0.25) is 0 Å². The topological polar surface area (TPSA) is 74.7 Å². The zero-order chi connectivity index (χ0) is 15.9. The maximum Gasteiger partial charge on any atom is 0.303 e. The Labute approximate surface area is 131 Å². The Morgan fingerprint density at radius 1 is 1.09 bits per heavy atom. The molecule has 2 aromatic carbocycles. The molecule has 0 radical (unpaired) electrons. The number of nitrogens with zero attached hydrogens (tertiary/aromatic N) is 1. The third-order valence-corrected chi connectivity index (χ3v) is 4.04. The Kier molecular flexibility index (Phi) is 3.58. The largest absolute Gasteiger partial charge is 0.481 e. The SMILES string of the molecule is O=C(O)CCCN1C(=O)c2cccc3c(Cl)ccc(c23)C1=O. The first-order chi connectivity index (χ1) is 10.5. The van der Waals surface area contributed by atoms with Crippen LogP contribution in [-0.4, -0.2) is 34.3 Å². The second kappa shape index (κ2) is 5.42. The van der Waals surface area contributed by atoms with E-state index in [0.717, 1.165) is 4.90 Å². The second-order valence-corrected chi connectivity index (χ2v) is 5.49. The number of carboxylic acid groups (broad SMARTS) is 1. The molecular formula is C16H12ClNO4. The summed E-state index contributed by atoms with van der Waals surface area (Å²) in [5, 5.41) is 10.4. The maximum absolute atomic E-state index is 12.5. The highest BCUT2D eigenvalue weighted by molar-refractivity contribution is 6.38. The Bertz CT molecular complexity index is 793. The number of hydrogen-bond acceptors (Lipinski definition) is 3. The molecule has 0 fully saturated rings. The van der Waals surface area contributed by atoms with Crippen LogP contribution >= 0.6 is 11.6 Å². The first-order valence-corrected chi connectivity index (χ1v) is 7.17. The molecule has 0 saturated heterocycles. The van der Waals surface area contributed by atoms with Crippen LogP contribution in [0.15, 0.2) is 30.3 Å². The Morgan fingerprint density at radius 3 is 2.45 bits per heavy atom. The van der Waals surface area contributed by atoms with Crippen molar-refractivity contribution < 1.29 is 19.5 Å². The van der Waals surface area contributed by atoms with Crippen LogP contribution in [0.25, 0.3) is 10.8 Å². The van der Waals surface area contributed by atoms with Crippen molar-refractivity contribution in [2.45, 2.75) is 12.8 Å². The number of imide groups is 1. The lowest BCUT2D eigenvalue weighted by molar-refractivity contribution is -0.137. The zero-order valence-electron chi connectivity index (χ0n) is 11.5. The molecule has 0 atom stereocenters. The first-order valence-electron chi connectivity index (χ1n) is 6.80. The van der Waals surface area contributed by atoms with Gasteiger partial charge in [-0.05, 0) is 24.6 Å². The zero-order valence-corrected chi connectivity index (χ0v) is 12.3. The molecule has 1 heterocycles. The summed E-state index contributed by atoms with van der Waals surface area (Å²) in [5.74, 6) is -1.77. The van der Waals surface area contributed by atoms with Crippen LogP contribution in [0.5, 0.6) is 0 Å². The third-order valence-electron chi connectivity index (χ3n) is 3.71. The summed E-state index contributed by atoms with van der Waals surface area (Å²) in [6.07, 6.45) is 0.139. The lowest BCUT2D eigenvalue weighted by atomic mass is 9.94. The highest BCUT2D eigenvalue weighted by atomic mass is 35.5. The molecule has 1 N–H and O–H groups in total. The number of hydrogen-bond donors (Lipinski definition) is 1. The molecule has 0 aromatic heterocycles. The van der Waals surface area contributed by atoms with Gasteiger partial charge in [-0.15, -0.1) is 0 Å². The average Bonchev–Trinajstić information content (AvgIpc) is 2.49. The van der Waals surface area contributed by atoms with E-state index in [2.05, 4.69) is 0 Å². The first kappa shape index (κ1) is 14.5. The van der Waals surface area contributed by atoms with E-state index in [0.29, 0.717) is 26.9 Å². The van der Waals surface area contributed by atoms with Gasteiger partial charge in [0.05, 0.1) is 0 Å². The Hall–Kier alpha value is -2.40. The van der Waals surface area contributed by atoms with Gasteiger partial charge >= 0.3 is 5.97 Å². The van der Waals surface area contributed by atoms with Gasteiger partial charge in [-0.1, -0.05) is 23.7 Å². The second-order valence-electron chi connectivity index (χ2n) is 5.08. The number of rotatable bonds is 4. The van der Waals surface area contributed by atoms with Crippen LogP contribution in [0.1, 0.15) is 33.6 Å². The smallest absolute Gasteiger partial charge is 0.303 e. The van der Waals surface area contributed by atoms with E-state index in [-0.39, 0.29) is 19.4 Å². The van der Waals surface area contributed by atoms with Crippen molar-refractivity contribution >= 4 is 40.2 Å².